The predicted octanol–water partition coefficient (Wildman–Crippen LogP) is 5.77. The van der Waals surface area contributed by atoms with Gasteiger partial charge in [-0.05, 0) is 41.5 Å². The zero-order valence-corrected chi connectivity index (χ0v) is 13.0. The fraction of sp³-hybridized carbons (Fsp3) is 0.0526. The Morgan fingerprint density at radius 3 is 2.19 bits per heavy atom. The Morgan fingerprint density at radius 2 is 1.38 bits per heavy atom. The van der Waals surface area contributed by atoms with E-state index in [0.29, 0.717) is 0 Å². The molecular weight excluding hydrogens is 322 g/mol. The van der Waals surface area contributed by atoms with Crippen LogP contribution in [0.2, 0.25) is 0 Å². The molecule has 0 spiro atoms. The summed E-state index contributed by atoms with van der Waals surface area (Å²) >= 11 is 3.51. The summed E-state index contributed by atoms with van der Waals surface area (Å²) in [5.41, 5.74) is 6.53. The van der Waals surface area contributed by atoms with Crippen molar-refractivity contribution >= 4 is 27.3 Å². The van der Waals surface area contributed by atoms with Crippen molar-refractivity contribution in [3.8, 4) is 11.1 Å². The highest BCUT2D eigenvalue weighted by Gasteiger charge is 2.22. The maximum absolute atomic E-state index is 3.51. The molecule has 0 unspecified atom stereocenters. The van der Waals surface area contributed by atoms with Gasteiger partial charge in [0.25, 0.3) is 0 Å². The third-order valence-electron chi connectivity index (χ3n) is 3.97. The summed E-state index contributed by atoms with van der Waals surface area (Å²) in [5.74, 6) is 0. The van der Waals surface area contributed by atoms with E-state index in [4.69, 9.17) is 0 Å². The molecule has 0 N–H and O–H groups in total. The highest BCUT2D eigenvalue weighted by Crippen LogP contribution is 2.42. The molecule has 3 aromatic rings. The molecule has 3 aromatic carbocycles. The molecule has 0 radical (unpaired) electrons. The molecule has 0 aromatic heterocycles. The summed E-state index contributed by atoms with van der Waals surface area (Å²) in [6.45, 7) is 0.912. The van der Waals surface area contributed by atoms with Crippen LogP contribution in [0.4, 0.5) is 11.4 Å². The van der Waals surface area contributed by atoms with E-state index in [0.717, 1.165) is 11.0 Å². The van der Waals surface area contributed by atoms with E-state index in [-0.39, 0.29) is 0 Å². The molecule has 1 aliphatic heterocycles. The maximum Gasteiger partial charge on any atom is 0.0493 e. The Bertz CT molecular complexity index is 793. The van der Waals surface area contributed by atoms with Crippen LogP contribution in [0.15, 0.2) is 77.3 Å². The second kappa shape index (κ2) is 5.05. The zero-order chi connectivity index (χ0) is 14.2. The molecule has 0 aliphatic carbocycles. The van der Waals surface area contributed by atoms with Crippen LogP contribution in [0.5, 0.6) is 0 Å². The summed E-state index contributed by atoms with van der Waals surface area (Å²) in [6.07, 6.45) is 0. The number of para-hydroxylation sites is 1. The third kappa shape index (κ3) is 2.16. The van der Waals surface area contributed by atoms with Crippen LogP contribution in [0.3, 0.4) is 0 Å². The Kier molecular flexibility index (Phi) is 3.04. The lowest BCUT2D eigenvalue weighted by Gasteiger charge is -2.33. The first kappa shape index (κ1) is 12.7. The molecule has 0 bridgehead atoms. The monoisotopic (exact) mass is 335 g/mol. The third-order valence-corrected chi connectivity index (χ3v) is 4.50. The molecule has 1 aliphatic rings. The van der Waals surface area contributed by atoms with Crippen LogP contribution < -0.4 is 4.90 Å². The van der Waals surface area contributed by atoms with Gasteiger partial charge in [-0.15, -0.1) is 0 Å². The number of nitrogens with zero attached hydrogens (tertiary/aromatic N) is 1. The van der Waals surface area contributed by atoms with Crippen molar-refractivity contribution in [2.24, 2.45) is 0 Å². The highest BCUT2D eigenvalue weighted by atomic mass is 79.9. The van der Waals surface area contributed by atoms with Crippen molar-refractivity contribution in [1.29, 1.82) is 0 Å². The predicted molar refractivity (Wildman–Crippen MR) is 91.9 cm³/mol. The minimum Gasteiger partial charge on any atom is -0.336 e. The summed E-state index contributed by atoms with van der Waals surface area (Å²) in [6, 6.07) is 25.8. The number of fused-ring (bicyclic) bond motifs is 3. The van der Waals surface area contributed by atoms with Crippen molar-refractivity contribution < 1.29 is 0 Å². The van der Waals surface area contributed by atoms with Gasteiger partial charge in [0.15, 0.2) is 0 Å². The van der Waals surface area contributed by atoms with E-state index < -0.39 is 0 Å². The van der Waals surface area contributed by atoms with Crippen molar-refractivity contribution in [3.63, 3.8) is 0 Å². The summed E-state index contributed by atoms with van der Waals surface area (Å²) in [5, 5.41) is 0. The van der Waals surface area contributed by atoms with Crippen LogP contribution in [-0.4, -0.2) is 0 Å². The van der Waals surface area contributed by atoms with E-state index in [1.54, 1.807) is 0 Å². The van der Waals surface area contributed by atoms with Gasteiger partial charge >= 0.3 is 0 Å². The average molecular weight is 336 g/mol. The molecule has 0 amide bonds. The number of hydrogen-bond donors (Lipinski definition) is 0. The second-order valence-corrected chi connectivity index (χ2v) is 6.15. The normalized spacial score (nSPS) is 12.7. The maximum atomic E-state index is 3.51. The number of halogens is 1. The lowest BCUT2D eigenvalue weighted by Crippen LogP contribution is -2.21. The minimum atomic E-state index is 0.912. The lowest BCUT2D eigenvalue weighted by molar-refractivity contribution is 0.961. The molecule has 0 fully saturated rings. The van der Waals surface area contributed by atoms with Gasteiger partial charge in [0.05, 0.1) is 0 Å². The van der Waals surface area contributed by atoms with Gasteiger partial charge < -0.3 is 4.90 Å². The molecule has 21 heavy (non-hydrogen) atoms. The van der Waals surface area contributed by atoms with Crippen molar-refractivity contribution in [1.82, 2.24) is 0 Å². The Hall–Kier alpha value is -2.06. The van der Waals surface area contributed by atoms with Gasteiger partial charge in [-0.25, -0.2) is 0 Å². The molecule has 0 saturated carbocycles. The van der Waals surface area contributed by atoms with Gasteiger partial charge in [-0.1, -0.05) is 58.4 Å². The summed E-state index contributed by atoms with van der Waals surface area (Å²) in [7, 11) is 0. The smallest absolute Gasteiger partial charge is 0.0493 e. The van der Waals surface area contributed by atoms with Gasteiger partial charge in [0.2, 0.25) is 0 Å². The van der Waals surface area contributed by atoms with Gasteiger partial charge in [0, 0.05) is 28.0 Å². The van der Waals surface area contributed by atoms with Crippen molar-refractivity contribution in [2.45, 2.75) is 6.54 Å². The largest absolute Gasteiger partial charge is 0.336 e. The Balaban J connectivity index is 1.90. The number of anilines is 2. The molecule has 4 rings (SSSR count). The summed E-state index contributed by atoms with van der Waals surface area (Å²) in [4.78, 5) is 2.38. The standard InChI is InChI=1S/C19H14BrN/c20-15-9-11-16(12-10-15)21-13-14-5-1-2-6-17(14)18-7-3-4-8-19(18)21/h1-12H,13H2. The lowest BCUT2D eigenvalue weighted by atomic mass is 9.93. The quantitative estimate of drug-likeness (QED) is 0.545. The molecule has 1 heterocycles. The van der Waals surface area contributed by atoms with Crippen molar-refractivity contribution in [2.75, 3.05) is 4.90 Å². The first-order valence-corrected chi connectivity index (χ1v) is 7.83. The van der Waals surface area contributed by atoms with Gasteiger partial charge in [-0.3, -0.25) is 0 Å². The SMILES string of the molecule is Brc1ccc(N2Cc3ccccc3-c3ccccc32)cc1. The van der Waals surface area contributed by atoms with Crippen LogP contribution in [0.1, 0.15) is 5.56 Å². The number of hydrogen-bond acceptors (Lipinski definition) is 1. The van der Waals surface area contributed by atoms with Crippen LogP contribution in [0.25, 0.3) is 11.1 Å². The minimum absolute atomic E-state index is 0.912. The summed E-state index contributed by atoms with van der Waals surface area (Å²) < 4.78 is 1.11. The Morgan fingerprint density at radius 1 is 0.714 bits per heavy atom. The molecule has 0 atom stereocenters. The van der Waals surface area contributed by atoms with E-state index >= 15 is 0 Å². The molecule has 2 heteroatoms. The van der Waals surface area contributed by atoms with E-state index in [2.05, 4.69) is 93.6 Å². The van der Waals surface area contributed by atoms with Gasteiger partial charge in [0.1, 0.15) is 0 Å². The molecule has 102 valence electrons. The first-order chi connectivity index (χ1) is 10.3. The fourth-order valence-corrected chi connectivity index (χ4v) is 3.23. The second-order valence-electron chi connectivity index (χ2n) is 5.24. The Labute approximate surface area is 133 Å². The topological polar surface area (TPSA) is 3.24 Å². The van der Waals surface area contributed by atoms with E-state index in [9.17, 15) is 0 Å². The van der Waals surface area contributed by atoms with Gasteiger partial charge in [-0.2, -0.15) is 0 Å². The average Bonchev–Trinajstić information content (AvgIpc) is 2.55. The van der Waals surface area contributed by atoms with E-state index in [1.807, 2.05) is 0 Å². The fourth-order valence-electron chi connectivity index (χ4n) is 2.96. The highest BCUT2D eigenvalue weighted by molar-refractivity contribution is 9.10. The molecule has 1 nitrogen and oxygen atoms in total. The molecule has 0 saturated heterocycles. The van der Waals surface area contributed by atoms with Crippen molar-refractivity contribution in [3.05, 3.63) is 82.8 Å². The number of rotatable bonds is 1. The van der Waals surface area contributed by atoms with Crippen LogP contribution in [-0.2, 0) is 6.54 Å². The molecular formula is C19H14BrN. The van der Waals surface area contributed by atoms with E-state index in [1.165, 1.54) is 28.1 Å². The van der Waals surface area contributed by atoms with Crippen LogP contribution in [0, 0.1) is 0 Å². The number of benzene rings is 3. The first-order valence-electron chi connectivity index (χ1n) is 7.03. The van der Waals surface area contributed by atoms with Crippen LogP contribution >= 0.6 is 15.9 Å². The zero-order valence-electron chi connectivity index (χ0n) is 11.5.